The van der Waals surface area contributed by atoms with Crippen molar-refractivity contribution in [2.24, 2.45) is 9.98 Å². The van der Waals surface area contributed by atoms with Gasteiger partial charge in [-0.15, -0.1) is 6.42 Å². The molecule has 0 saturated carbocycles. The van der Waals surface area contributed by atoms with Gasteiger partial charge in [-0.2, -0.15) is 0 Å². The number of benzene rings is 2. The summed E-state index contributed by atoms with van der Waals surface area (Å²) >= 11 is 0. The molecule has 3 aliphatic rings. The molecule has 1 aliphatic carbocycles. The van der Waals surface area contributed by atoms with Gasteiger partial charge in [0, 0.05) is 17.9 Å². The number of amidine groups is 1. The van der Waals surface area contributed by atoms with Crippen molar-refractivity contribution < 1.29 is 19.4 Å². The minimum atomic E-state index is -0.851. The molecular formula is C29H26N4O4. The van der Waals surface area contributed by atoms with Crippen LogP contribution in [0.25, 0.3) is 0 Å². The van der Waals surface area contributed by atoms with Crippen molar-refractivity contribution in [2.75, 3.05) is 13.2 Å². The molecule has 8 nitrogen and oxygen atoms in total. The summed E-state index contributed by atoms with van der Waals surface area (Å²) < 4.78 is 5.41. The first kappa shape index (κ1) is 24.2. The van der Waals surface area contributed by atoms with E-state index in [1.807, 2.05) is 43.3 Å². The number of hydrogen-bond donors (Lipinski definition) is 2. The Hall–Kier alpha value is -4.48. The lowest BCUT2D eigenvalue weighted by molar-refractivity contribution is -0.128. The third-order valence-electron chi connectivity index (χ3n) is 6.64. The van der Waals surface area contributed by atoms with Crippen LogP contribution in [0, 0.1) is 12.3 Å². The van der Waals surface area contributed by atoms with Crippen LogP contribution in [0.4, 0.5) is 4.79 Å². The number of ether oxygens (including phenoxy) is 1. The highest BCUT2D eigenvalue weighted by Crippen LogP contribution is 2.34. The molecule has 3 amide bonds. The molecule has 0 unspecified atom stereocenters. The van der Waals surface area contributed by atoms with Gasteiger partial charge in [0.1, 0.15) is 24.4 Å². The second-order valence-electron chi connectivity index (χ2n) is 8.94. The summed E-state index contributed by atoms with van der Waals surface area (Å²) in [5.41, 5.74) is 3.74. The maximum Gasteiger partial charge on any atom is 0.325 e. The fraction of sp³-hybridized carbons (Fsp3) is 0.241. The quantitative estimate of drug-likeness (QED) is 0.433. The van der Waals surface area contributed by atoms with Crippen LogP contribution in [0.3, 0.4) is 0 Å². The highest BCUT2D eigenvalue weighted by molar-refractivity contribution is 6.18. The predicted octanol–water partition coefficient (Wildman–Crippen LogP) is 3.52. The number of carbonyl (C=O) groups excluding carboxylic acids is 2. The number of terminal acetylenes is 1. The van der Waals surface area contributed by atoms with Crippen molar-refractivity contribution in [3.05, 3.63) is 89.1 Å². The summed E-state index contributed by atoms with van der Waals surface area (Å²) in [6.45, 7) is 2.04. The second kappa shape index (κ2) is 10.2. The van der Waals surface area contributed by atoms with E-state index in [2.05, 4.69) is 11.2 Å². The average Bonchev–Trinajstić information content (AvgIpc) is 3.48. The van der Waals surface area contributed by atoms with Crippen LogP contribution >= 0.6 is 0 Å². The largest absolute Gasteiger partial charge is 0.491 e. The van der Waals surface area contributed by atoms with E-state index in [0.717, 1.165) is 16.8 Å². The summed E-state index contributed by atoms with van der Waals surface area (Å²) in [4.78, 5) is 37.8. The minimum Gasteiger partial charge on any atom is -0.491 e. The molecule has 0 radical (unpaired) electrons. The lowest BCUT2D eigenvalue weighted by Gasteiger charge is -2.30. The van der Waals surface area contributed by atoms with Gasteiger partial charge in [-0.25, -0.2) is 14.8 Å². The lowest BCUT2D eigenvalue weighted by atomic mass is 9.91. The van der Waals surface area contributed by atoms with Crippen molar-refractivity contribution in [3.8, 4) is 18.1 Å². The molecule has 0 spiro atoms. The molecule has 0 bridgehead atoms. The third-order valence-corrected chi connectivity index (χ3v) is 6.64. The molecule has 186 valence electrons. The van der Waals surface area contributed by atoms with Crippen molar-refractivity contribution in [1.29, 1.82) is 0 Å². The van der Waals surface area contributed by atoms with E-state index >= 15 is 0 Å². The Morgan fingerprint density at radius 2 is 1.92 bits per heavy atom. The minimum absolute atomic E-state index is 0.0973. The standard InChI is InChI=1S/C29H26N4O4/c1-3-19-9-14-23-24(17-19)31-27(30-23)26(18(2)20-7-5-4-6-8-20)33-28(35)25(32-29(33)36)21-10-12-22(13-11-21)37-16-15-34/h1,4-13,17-18,25-26,34H,14-16H2,2H3,(H,32,36)/t18-,25-,26+/m1/s1. The van der Waals surface area contributed by atoms with E-state index in [9.17, 15) is 9.59 Å². The third kappa shape index (κ3) is 4.69. The SMILES string of the molecule is C#CC1=CCC2=NC([C@H]([C@H](C)c3ccccc3)N3C(=O)N[C@H](c4ccc(OCCO)cc4)C3=O)=NC2=C1. The zero-order chi connectivity index (χ0) is 25.9. The first-order valence-corrected chi connectivity index (χ1v) is 12.1. The van der Waals surface area contributed by atoms with E-state index in [4.69, 9.17) is 26.3 Å². The summed E-state index contributed by atoms with van der Waals surface area (Å²) in [6, 6.07) is 14.5. The topological polar surface area (TPSA) is 104 Å². The summed E-state index contributed by atoms with van der Waals surface area (Å²) in [5.74, 6) is 2.95. The van der Waals surface area contributed by atoms with Crippen LogP contribution in [0.1, 0.15) is 36.4 Å². The van der Waals surface area contributed by atoms with Gasteiger partial charge in [-0.05, 0) is 29.3 Å². The van der Waals surface area contributed by atoms with E-state index in [1.54, 1.807) is 30.3 Å². The Balaban J connectivity index is 1.49. The monoisotopic (exact) mass is 494 g/mol. The summed E-state index contributed by atoms with van der Waals surface area (Å²) in [6.07, 6.45) is 9.82. The molecule has 2 aliphatic heterocycles. The average molecular weight is 495 g/mol. The lowest BCUT2D eigenvalue weighted by Crippen LogP contribution is -2.47. The molecule has 1 saturated heterocycles. The Labute approximate surface area is 215 Å². The fourth-order valence-corrected chi connectivity index (χ4v) is 4.72. The van der Waals surface area contributed by atoms with Crippen molar-refractivity contribution in [3.63, 3.8) is 0 Å². The zero-order valence-corrected chi connectivity index (χ0v) is 20.3. The predicted molar refractivity (Wildman–Crippen MR) is 140 cm³/mol. The van der Waals surface area contributed by atoms with Crippen LogP contribution < -0.4 is 10.1 Å². The molecular weight excluding hydrogens is 468 g/mol. The fourth-order valence-electron chi connectivity index (χ4n) is 4.72. The number of urea groups is 1. The molecule has 37 heavy (non-hydrogen) atoms. The number of hydrogen-bond acceptors (Lipinski definition) is 6. The molecule has 1 fully saturated rings. The van der Waals surface area contributed by atoms with Gasteiger partial charge < -0.3 is 15.2 Å². The molecule has 2 aromatic rings. The van der Waals surface area contributed by atoms with Crippen LogP contribution in [0.15, 0.2) is 88.0 Å². The van der Waals surface area contributed by atoms with Gasteiger partial charge in [0.15, 0.2) is 5.84 Å². The Morgan fingerprint density at radius 3 is 2.62 bits per heavy atom. The molecule has 5 rings (SSSR count). The van der Waals surface area contributed by atoms with Gasteiger partial charge in [0.25, 0.3) is 5.91 Å². The van der Waals surface area contributed by atoms with Crippen molar-refractivity contribution in [2.45, 2.75) is 31.3 Å². The molecule has 2 heterocycles. The number of aliphatic hydroxyl groups is 1. The van der Waals surface area contributed by atoms with E-state index in [-0.39, 0.29) is 25.0 Å². The second-order valence-corrected chi connectivity index (χ2v) is 8.94. The number of rotatable bonds is 8. The summed E-state index contributed by atoms with van der Waals surface area (Å²) in [7, 11) is 0. The molecule has 8 heteroatoms. The first-order valence-electron chi connectivity index (χ1n) is 12.1. The van der Waals surface area contributed by atoms with Crippen LogP contribution in [0.5, 0.6) is 5.75 Å². The number of amides is 3. The van der Waals surface area contributed by atoms with E-state index < -0.39 is 18.1 Å². The van der Waals surface area contributed by atoms with Gasteiger partial charge >= 0.3 is 6.03 Å². The van der Waals surface area contributed by atoms with Crippen LogP contribution in [-0.4, -0.2) is 52.7 Å². The Bertz CT molecular complexity index is 1380. The van der Waals surface area contributed by atoms with Crippen molar-refractivity contribution >= 4 is 23.5 Å². The number of aliphatic imine (C=N–C) groups is 2. The number of carbonyl (C=O) groups is 2. The Kier molecular flexibility index (Phi) is 6.71. The maximum atomic E-state index is 13.7. The molecule has 0 aromatic heterocycles. The number of fused-ring (bicyclic) bond motifs is 1. The van der Waals surface area contributed by atoms with Crippen LogP contribution in [-0.2, 0) is 4.79 Å². The van der Waals surface area contributed by atoms with Gasteiger partial charge in [0.05, 0.1) is 18.0 Å². The highest BCUT2D eigenvalue weighted by Gasteiger charge is 2.47. The first-order chi connectivity index (χ1) is 18.0. The normalized spacial score (nSPS) is 20.1. The number of imide groups is 1. The number of nitrogens with one attached hydrogen (secondary N) is 1. The van der Waals surface area contributed by atoms with E-state index in [0.29, 0.717) is 29.3 Å². The van der Waals surface area contributed by atoms with E-state index in [1.165, 1.54) is 4.90 Å². The maximum absolute atomic E-state index is 13.7. The zero-order valence-electron chi connectivity index (χ0n) is 20.3. The van der Waals surface area contributed by atoms with Gasteiger partial charge in [-0.1, -0.05) is 61.4 Å². The van der Waals surface area contributed by atoms with Gasteiger partial charge in [-0.3, -0.25) is 9.69 Å². The highest BCUT2D eigenvalue weighted by atomic mass is 16.5. The van der Waals surface area contributed by atoms with Gasteiger partial charge in [0.2, 0.25) is 0 Å². The molecule has 2 aromatic carbocycles. The number of aliphatic hydroxyl groups excluding tert-OH is 1. The van der Waals surface area contributed by atoms with Crippen molar-refractivity contribution in [1.82, 2.24) is 10.2 Å². The smallest absolute Gasteiger partial charge is 0.325 e. The Morgan fingerprint density at radius 1 is 1.16 bits per heavy atom. The molecule has 3 atom stereocenters. The number of nitrogens with zero attached hydrogens (tertiary/aromatic N) is 3. The molecule has 2 N–H and O–H groups in total. The van der Waals surface area contributed by atoms with Crippen LogP contribution in [0.2, 0.25) is 0 Å². The number of allylic oxidation sites excluding steroid dienone is 4. The summed E-state index contributed by atoms with van der Waals surface area (Å²) in [5, 5.41) is 11.8.